The minimum absolute atomic E-state index is 0.216. The molecule has 0 saturated heterocycles. The lowest BCUT2D eigenvalue weighted by molar-refractivity contribution is -0.120. The van der Waals surface area contributed by atoms with Crippen LogP contribution in [0.3, 0.4) is 0 Å². The predicted octanol–water partition coefficient (Wildman–Crippen LogP) is 2.79. The lowest BCUT2D eigenvalue weighted by atomic mass is 10.1. The Morgan fingerprint density at radius 1 is 1.42 bits per heavy atom. The molecule has 19 heavy (non-hydrogen) atoms. The van der Waals surface area contributed by atoms with Crippen LogP contribution in [0.2, 0.25) is 0 Å². The summed E-state index contributed by atoms with van der Waals surface area (Å²) < 4.78 is 5.64. The van der Waals surface area contributed by atoms with Gasteiger partial charge in [-0.3, -0.25) is 4.79 Å². The van der Waals surface area contributed by atoms with E-state index in [1.807, 2.05) is 24.3 Å². The van der Waals surface area contributed by atoms with E-state index in [0.29, 0.717) is 18.2 Å². The first-order chi connectivity index (χ1) is 8.79. The van der Waals surface area contributed by atoms with Crippen molar-refractivity contribution in [1.29, 1.82) is 0 Å². The molecule has 0 fully saturated rings. The number of hydrogen-bond donors (Lipinski definition) is 2. The highest BCUT2D eigenvalue weighted by Crippen LogP contribution is 2.18. The van der Waals surface area contributed by atoms with Gasteiger partial charge in [-0.15, -0.1) is 0 Å². The number of nitrogens with one attached hydrogen (secondary N) is 1. The van der Waals surface area contributed by atoms with E-state index in [1.54, 1.807) is 13.8 Å². The lowest BCUT2D eigenvalue weighted by Gasteiger charge is -2.18. The molecule has 0 bridgehead atoms. The van der Waals surface area contributed by atoms with Gasteiger partial charge in [0, 0.05) is 11.8 Å². The van der Waals surface area contributed by atoms with Crippen LogP contribution in [-0.4, -0.2) is 18.1 Å². The first-order valence-corrected chi connectivity index (χ1v) is 6.62. The smallest absolute Gasteiger partial charge is 0.243 e. The van der Waals surface area contributed by atoms with Gasteiger partial charge in [-0.1, -0.05) is 19.9 Å². The molecule has 0 aromatic heterocycles. The molecular weight excluding hydrogens is 240 g/mol. The largest absolute Gasteiger partial charge is 0.494 e. The first-order valence-electron chi connectivity index (χ1n) is 6.62. The molecule has 3 N–H and O–H groups in total. The van der Waals surface area contributed by atoms with Crippen molar-refractivity contribution in [1.82, 2.24) is 0 Å². The van der Waals surface area contributed by atoms with Crippen molar-refractivity contribution < 1.29 is 9.53 Å². The quantitative estimate of drug-likeness (QED) is 0.830. The molecule has 0 aliphatic rings. The van der Waals surface area contributed by atoms with Gasteiger partial charge in [0.25, 0.3) is 0 Å². The van der Waals surface area contributed by atoms with Gasteiger partial charge in [0.2, 0.25) is 5.91 Å². The maximum atomic E-state index is 11.8. The van der Waals surface area contributed by atoms with Gasteiger partial charge in [0.15, 0.2) is 0 Å². The summed E-state index contributed by atoms with van der Waals surface area (Å²) in [6.45, 7) is 8.33. The Morgan fingerprint density at radius 2 is 2.11 bits per heavy atom. The molecule has 0 heterocycles. The number of rotatable bonds is 6. The van der Waals surface area contributed by atoms with Gasteiger partial charge in [0.1, 0.15) is 5.75 Å². The van der Waals surface area contributed by atoms with Crippen LogP contribution in [0.4, 0.5) is 5.69 Å². The molecule has 1 aromatic carbocycles. The van der Waals surface area contributed by atoms with Gasteiger partial charge in [-0.05, 0) is 38.3 Å². The molecule has 0 saturated carbocycles. The van der Waals surface area contributed by atoms with Crippen molar-refractivity contribution in [3.63, 3.8) is 0 Å². The fraction of sp³-hybridized carbons (Fsp3) is 0.533. The first kappa shape index (κ1) is 15.5. The highest BCUT2D eigenvalue weighted by atomic mass is 16.5. The third kappa shape index (κ3) is 5.75. The Morgan fingerprint density at radius 3 is 2.68 bits per heavy atom. The summed E-state index contributed by atoms with van der Waals surface area (Å²) in [5, 5.41) is 2.78. The van der Waals surface area contributed by atoms with E-state index in [9.17, 15) is 4.79 Å². The number of nitrogens with two attached hydrogens (primary N) is 1. The van der Waals surface area contributed by atoms with Crippen molar-refractivity contribution in [3.05, 3.63) is 24.3 Å². The molecule has 4 heteroatoms. The summed E-state index contributed by atoms with van der Waals surface area (Å²) in [6.07, 6.45) is 1.01. The minimum Gasteiger partial charge on any atom is -0.494 e. The second-order valence-electron chi connectivity index (χ2n) is 5.73. The number of anilines is 1. The third-order valence-electron chi connectivity index (χ3n) is 2.64. The fourth-order valence-electron chi connectivity index (χ4n) is 1.37. The van der Waals surface area contributed by atoms with Crippen LogP contribution in [0.1, 0.15) is 34.1 Å². The zero-order valence-electron chi connectivity index (χ0n) is 12.2. The number of carbonyl (C=O) groups is 1. The van der Waals surface area contributed by atoms with Crippen molar-refractivity contribution >= 4 is 11.6 Å². The molecule has 1 amide bonds. The van der Waals surface area contributed by atoms with Crippen LogP contribution >= 0.6 is 0 Å². The van der Waals surface area contributed by atoms with Gasteiger partial charge < -0.3 is 15.8 Å². The second-order valence-corrected chi connectivity index (χ2v) is 5.73. The number of amides is 1. The summed E-state index contributed by atoms with van der Waals surface area (Å²) in [5.41, 5.74) is 5.54. The van der Waals surface area contributed by atoms with E-state index in [2.05, 4.69) is 19.2 Å². The second kappa shape index (κ2) is 6.57. The standard InChI is InChI=1S/C15H24N2O2/c1-11(2)8-9-19-13-7-5-6-12(10-13)17-14(18)15(3,4)16/h5-7,10-11H,8-9,16H2,1-4H3,(H,17,18). The van der Waals surface area contributed by atoms with Crippen molar-refractivity contribution in [2.24, 2.45) is 11.7 Å². The maximum Gasteiger partial charge on any atom is 0.243 e. The van der Waals surface area contributed by atoms with Crippen LogP contribution in [-0.2, 0) is 4.79 Å². The molecule has 0 aliphatic carbocycles. The summed E-state index contributed by atoms with van der Waals surface area (Å²) in [7, 11) is 0. The molecular formula is C15H24N2O2. The zero-order chi connectivity index (χ0) is 14.5. The summed E-state index contributed by atoms with van der Waals surface area (Å²) in [6, 6.07) is 7.36. The lowest BCUT2D eigenvalue weighted by Crippen LogP contribution is -2.45. The molecule has 1 rings (SSSR count). The Balaban J connectivity index is 2.59. The molecule has 0 radical (unpaired) electrons. The Labute approximate surface area is 115 Å². The summed E-state index contributed by atoms with van der Waals surface area (Å²) in [4.78, 5) is 11.8. The number of carbonyl (C=O) groups excluding carboxylic acids is 1. The number of hydrogen-bond acceptors (Lipinski definition) is 3. The normalized spacial score (nSPS) is 11.5. The van der Waals surface area contributed by atoms with Crippen LogP contribution in [0.15, 0.2) is 24.3 Å². The van der Waals surface area contributed by atoms with E-state index in [1.165, 1.54) is 0 Å². The van der Waals surface area contributed by atoms with Crippen LogP contribution in [0.5, 0.6) is 5.75 Å². The van der Waals surface area contributed by atoms with Crippen molar-refractivity contribution in [2.75, 3.05) is 11.9 Å². The minimum atomic E-state index is -0.894. The van der Waals surface area contributed by atoms with E-state index in [-0.39, 0.29) is 5.91 Å². The highest BCUT2D eigenvalue weighted by molar-refractivity contribution is 5.97. The topological polar surface area (TPSA) is 64.3 Å². The van der Waals surface area contributed by atoms with Gasteiger partial charge in [-0.2, -0.15) is 0 Å². The SMILES string of the molecule is CC(C)CCOc1cccc(NC(=O)C(C)(C)N)c1. The van der Waals surface area contributed by atoms with Crippen LogP contribution in [0, 0.1) is 5.92 Å². The van der Waals surface area contributed by atoms with Crippen molar-refractivity contribution in [3.8, 4) is 5.75 Å². The molecule has 0 aliphatic heterocycles. The Bertz CT molecular complexity index is 422. The van der Waals surface area contributed by atoms with Crippen molar-refractivity contribution in [2.45, 2.75) is 39.7 Å². The highest BCUT2D eigenvalue weighted by Gasteiger charge is 2.21. The Kier molecular flexibility index (Phi) is 5.36. The molecule has 106 valence electrons. The van der Waals surface area contributed by atoms with E-state index in [0.717, 1.165) is 12.2 Å². The van der Waals surface area contributed by atoms with E-state index < -0.39 is 5.54 Å². The molecule has 0 unspecified atom stereocenters. The summed E-state index contributed by atoms with van der Waals surface area (Å²) >= 11 is 0. The molecule has 0 atom stereocenters. The monoisotopic (exact) mass is 264 g/mol. The average molecular weight is 264 g/mol. The number of benzene rings is 1. The van der Waals surface area contributed by atoms with E-state index in [4.69, 9.17) is 10.5 Å². The predicted molar refractivity (Wildman–Crippen MR) is 78.3 cm³/mol. The average Bonchev–Trinajstić information content (AvgIpc) is 2.27. The third-order valence-corrected chi connectivity index (χ3v) is 2.64. The molecule has 4 nitrogen and oxygen atoms in total. The molecule has 0 spiro atoms. The number of ether oxygens (including phenoxy) is 1. The van der Waals surface area contributed by atoms with Crippen LogP contribution < -0.4 is 15.8 Å². The fourth-order valence-corrected chi connectivity index (χ4v) is 1.37. The van der Waals surface area contributed by atoms with Gasteiger partial charge >= 0.3 is 0 Å². The zero-order valence-corrected chi connectivity index (χ0v) is 12.2. The van der Waals surface area contributed by atoms with Gasteiger partial charge in [0.05, 0.1) is 12.1 Å². The van der Waals surface area contributed by atoms with Gasteiger partial charge in [-0.25, -0.2) is 0 Å². The van der Waals surface area contributed by atoms with E-state index >= 15 is 0 Å². The van der Waals surface area contributed by atoms with Crippen LogP contribution in [0.25, 0.3) is 0 Å². The molecule has 1 aromatic rings. The Hall–Kier alpha value is -1.55. The summed E-state index contributed by atoms with van der Waals surface area (Å²) in [5.74, 6) is 1.15. The maximum absolute atomic E-state index is 11.8.